The molecule has 21 heavy (non-hydrogen) atoms. The largest absolute Gasteiger partial charge is 0.460 e. The molecule has 1 atom stereocenters. The lowest BCUT2D eigenvalue weighted by molar-refractivity contribution is -0.141. The van der Waals surface area contributed by atoms with Gasteiger partial charge in [-0.1, -0.05) is 29.4 Å². The number of aliphatic hydroxyl groups is 1. The molecular weight excluding hydrogens is 264 g/mol. The van der Waals surface area contributed by atoms with Gasteiger partial charge in [0.15, 0.2) is 0 Å². The first-order chi connectivity index (χ1) is 9.72. The van der Waals surface area contributed by atoms with Crippen LogP contribution in [-0.4, -0.2) is 23.3 Å². The summed E-state index contributed by atoms with van der Waals surface area (Å²) in [5, 5.41) is 9.67. The van der Waals surface area contributed by atoms with Gasteiger partial charge in [0.2, 0.25) is 0 Å². The number of hydrogen-bond donors (Lipinski definition) is 1. The van der Waals surface area contributed by atoms with Gasteiger partial charge < -0.3 is 9.84 Å². The van der Waals surface area contributed by atoms with E-state index in [0.717, 1.165) is 30.4 Å². The molecule has 3 heteroatoms. The third kappa shape index (κ3) is 11.0. The maximum Gasteiger partial charge on any atom is 0.330 e. The summed E-state index contributed by atoms with van der Waals surface area (Å²) in [6.45, 7) is 13.3. The molecular formula is C18H30O3. The van der Waals surface area contributed by atoms with E-state index in [0.29, 0.717) is 6.42 Å². The minimum absolute atomic E-state index is 0.0802. The maximum absolute atomic E-state index is 11.5. The molecule has 0 fully saturated rings. The zero-order chi connectivity index (χ0) is 16.4. The first kappa shape index (κ1) is 19.7. The Labute approximate surface area is 129 Å². The van der Waals surface area contributed by atoms with Gasteiger partial charge in [0.25, 0.3) is 0 Å². The molecule has 0 bridgehead atoms. The summed E-state index contributed by atoms with van der Waals surface area (Å²) in [6.07, 6.45) is 6.55. The smallest absolute Gasteiger partial charge is 0.330 e. The molecule has 120 valence electrons. The van der Waals surface area contributed by atoms with Crippen molar-refractivity contribution in [2.45, 2.75) is 72.5 Å². The molecule has 0 spiro atoms. The van der Waals surface area contributed by atoms with Crippen LogP contribution >= 0.6 is 0 Å². The second kappa shape index (κ2) is 10.4. The molecule has 0 saturated heterocycles. The van der Waals surface area contributed by atoms with E-state index in [4.69, 9.17) is 4.74 Å². The molecule has 0 aromatic rings. The molecule has 0 aliphatic carbocycles. The van der Waals surface area contributed by atoms with Crippen molar-refractivity contribution in [3.63, 3.8) is 0 Å². The highest BCUT2D eigenvalue weighted by Gasteiger charge is 2.04. The summed E-state index contributed by atoms with van der Waals surface area (Å²) in [5.41, 5.74) is 3.09. The molecule has 1 N–H and O–H groups in total. The number of esters is 1. The molecule has 0 aromatic heterocycles. The van der Waals surface area contributed by atoms with Crippen molar-refractivity contribution < 1.29 is 14.6 Å². The number of rotatable bonds is 9. The van der Waals surface area contributed by atoms with E-state index in [1.165, 1.54) is 5.57 Å². The Bertz CT molecular complexity index is 403. The Morgan fingerprint density at radius 1 is 1.19 bits per heavy atom. The van der Waals surface area contributed by atoms with Gasteiger partial charge >= 0.3 is 5.97 Å². The van der Waals surface area contributed by atoms with E-state index in [2.05, 4.69) is 19.6 Å². The highest BCUT2D eigenvalue weighted by Crippen LogP contribution is 2.14. The van der Waals surface area contributed by atoms with Crippen LogP contribution in [0.1, 0.15) is 60.3 Å². The molecule has 0 aromatic carbocycles. The molecule has 1 unspecified atom stereocenters. The molecule has 0 saturated carbocycles. The second-order valence-electron chi connectivity index (χ2n) is 5.97. The predicted molar refractivity (Wildman–Crippen MR) is 88.0 cm³/mol. The normalized spacial score (nSPS) is 14.2. The summed E-state index contributed by atoms with van der Waals surface area (Å²) in [5.74, 6) is -0.271. The number of aliphatic hydroxyl groups excluding tert-OH is 1. The standard InChI is InChI=1S/C18H30O3/c1-13(2)17(19)11-10-15(5)8-7-9-16(6)12-18(20)21-14(3)4/h8,12,14,17,19H,1,7,9-11H2,2-6H3/b15-8+,16-12+. The summed E-state index contributed by atoms with van der Waals surface area (Å²) >= 11 is 0. The van der Waals surface area contributed by atoms with E-state index in [9.17, 15) is 9.90 Å². The Hall–Kier alpha value is -1.35. The van der Waals surface area contributed by atoms with Gasteiger partial charge in [-0.25, -0.2) is 4.79 Å². The van der Waals surface area contributed by atoms with Crippen LogP contribution in [0.25, 0.3) is 0 Å². The van der Waals surface area contributed by atoms with Gasteiger partial charge in [-0.05, 0) is 60.3 Å². The van der Waals surface area contributed by atoms with E-state index < -0.39 is 6.10 Å². The number of ether oxygens (including phenoxy) is 1. The number of carbonyl (C=O) groups is 1. The molecule has 0 radical (unpaired) electrons. The van der Waals surface area contributed by atoms with Crippen molar-refractivity contribution in [3.05, 3.63) is 35.5 Å². The fourth-order valence-corrected chi connectivity index (χ4v) is 1.80. The highest BCUT2D eigenvalue weighted by atomic mass is 16.5. The lowest BCUT2D eigenvalue weighted by Crippen LogP contribution is -2.09. The van der Waals surface area contributed by atoms with E-state index >= 15 is 0 Å². The highest BCUT2D eigenvalue weighted by molar-refractivity contribution is 5.82. The average molecular weight is 294 g/mol. The third-order valence-electron chi connectivity index (χ3n) is 3.13. The van der Waals surface area contributed by atoms with E-state index in [-0.39, 0.29) is 12.1 Å². The Morgan fingerprint density at radius 2 is 1.81 bits per heavy atom. The molecule has 0 aliphatic heterocycles. The number of carbonyl (C=O) groups excluding carboxylic acids is 1. The van der Waals surface area contributed by atoms with Crippen molar-refractivity contribution in [1.82, 2.24) is 0 Å². The zero-order valence-electron chi connectivity index (χ0n) is 14.1. The minimum Gasteiger partial charge on any atom is -0.460 e. The molecule has 0 amide bonds. The molecule has 3 nitrogen and oxygen atoms in total. The fourth-order valence-electron chi connectivity index (χ4n) is 1.80. The van der Waals surface area contributed by atoms with Crippen LogP contribution in [0.15, 0.2) is 35.5 Å². The van der Waals surface area contributed by atoms with Gasteiger partial charge in [0.05, 0.1) is 12.2 Å². The second-order valence-corrected chi connectivity index (χ2v) is 5.97. The van der Waals surface area contributed by atoms with Crippen LogP contribution < -0.4 is 0 Å². The molecule has 0 heterocycles. The van der Waals surface area contributed by atoms with Crippen molar-refractivity contribution in [1.29, 1.82) is 0 Å². The van der Waals surface area contributed by atoms with Crippen molar-refractivity contribution in [3.8, 4) is 0 Å². The summed E-state index contributed by atoms with van der Waals surface area (Å²) < 4.78 is 5.07. The van der Waals surface area contributed by atoms with E-state index in [1.807, 2.05) is 27.7 Å². The predicted octanol–water partition coefficient (Wildman–Crippen LogP) is 4.33. The van der Waals surface area contributed by atoms with Crippen LogP contribution in [0.5, 0.6) is 0 Å². The topological polar surface area (TPSA) is 46.5 Å². The van der Waals surface area contributed by atoms with Gasteiger partial charge in [-0.15, -0.1) is 0 Å². The number of hydrogen-bond acceptors (Lipinski definition) is 3. The van der Waals surface area contributed by atoms with Crippen molar-refractivity contribution >= 4 is 5.97 Å². The molecule has 0 rings (SSSR count). The minimum atomic E-state index is -0.416. The SMILES string of the molecule is C=C(C)C(O)CC/C(C)=C/CC/C(C)=C/C(=O)OC(C)C. The summed E-state index contributed by atoms with van der Waals surface area (Å²) in [7, 11) is 0. The van der Waals surface area contributed by atoms with Gasteiger partial charge in [0.1, 0.15) is 0 Å². The van der Waals surface area contributed by atoms with Crippen molar-refractivity contribution in [2.24, 2.45) is 0 Å². The fraction of sp³-hybridized carbons (Fsp3) is 0.611. The first-order valence-electron chi connectivity index (χ1n) is 7.59. The van der Waals surface area contributed by atoms with Crippen LogP contribution in [-0.2, 0) is 9.53 Å². The number of allylic oxidation sites excluding steroid dienone is 3. The van der Waals surface area contributed by atoms with Crippen LogP contribution in [0, 0.1) is 0 Å². The van der Waals surface area contributed by atoms with Gasteiger partial charge in [-0.2, -0.15) is 0 Å². The van der Waals surface area contributed by atoms with Crippen LogP contribution in [0.4, 0.5) is 0 Å². The average Bonchev–Trinajstić information content (AvgIpc) is 2.34. The Kier molecular flexibility index (Phi) is 9.72. The van der Waals surface area contributed by atoms with Crippen molar-refractivity contribution in [2.75, 3.05) is 0 Å². The maximum atomic E-state index is 11.5. The van der Waals surface area contributed by atoms with E-state index in [1.54, 1.807) is 6.08 Å². The lowest BCUT2D eigenvalue weighted by Gasteiger charge is -2.10. The molecule has 0 aliphatic rings. The summed E-state index contributed by atoms with van der Waals surface area (Å²) in [4.78, 5) is 11.5. The lowest BCUT2D eigenvalue weighted by atomic mass is 10.0. The Morgan fingerprint density at radius 3 is 2.33 bits per heavy atom. The monoisotopic (exact) mass is 294 g/mol. The van der Waals surface area contributed by atoms with Gasteiger partial charge in [-0.3, -0.25) is 0 Å². The third-order valence-corrected chi connectivity index (χ3v) is 3.13. The first-order valence-corrected chi connectivity index (χ1v) is 7.59. The van der Waals surface area contributed by atoms with Gasteiger partial charge in [0, 0.05) is 6.08 Å². The van der Waals surface area contributed by atoms with Crippen LogP contribution in [0.3, 0.4) is 0 Å². The summed E-state index contributed by atoms with van der Waals surface area (Å²) in [6, 6.07) is 0. The quantitative estimate of drug-likeness (QED) is 0.391. The Balaban J connectivity index is 4.10. The van der Waals surface area contributed by atoms with Crippen LogP contribution in [0.2, 0.25) is 0 Å². The zero-order valence-corrected chi connectivity index (χ0v) is 14.1.